The Labute approximate surface area is 73.0 Å². The predicted octanol–water partition coefficient (Wildman–Crippen LogP) is 0.845. The van der Waals surface area contributed by atoms with Crippen molar-refractivity contribution in [2.24, 2.45) is 0 Å². The first-order valence-corrected chi connectivity index (χ1v) is 3.63. The Morgan fingerprint density at radius 2 is 2.30 bits per heavy atom. The van der Waals surface area contributed by atoms with Gasteiger partial charge in [-0.3, -0.25) is 0 Å². The lowest BCUT2D eigenvalue weighted by atomic mass is 10.5. The Morgan fingerprint density at radius 1 is 1.60 bits per heavy atom. The second-order valence-corrected chi connectivity index (χ2v) is 3.23. The van der Waals surface area contributed by atoms with E-state index in [2.05, 4.69) is 32.8 Å². The zero-order chi connectivity index (χ0) is 7.56. The minimum atomic E-state index is 0.494. The molecule has 0 saturated heterocycles. The van der Waals surface area contributed by atoms with Gasteiger partial charge in [0.25, 0.3) is 0 Å². The maximum absolute atomic E-state index is 5.42. The van der Waals surface area contributed by atoms with Gasteiger partial charge in [-0.1, -0.05) is 0 Å². The van der Waals surface area contributed by atoms with E-state index < -0.39 is 0 Å². The van der Waals surface area contributed by atoms with Crippen LogP contribution in [-0.2, 0) is 0 Å². The lowest BCUT2D eigenvalue weighted by molar-refractivity contribution is 1.15. The van der Waals surface area contributed by atoms with Gasteiger partial charge >= 0.3 is 0 Å². The average molecular weight is 250 g/mol. The van der Waals surface area contributed by atoms with Crippen molar-refractivity contribution in [3.8, 4) is 0 Å². The average Bonchev–Trinajstić information content (AvgIpc) is 1.88. The molecule has 0 radical (unpaired) electrons. The van der Waals surface area contributed by atoms with Gasteiger partial charge in [-0.2, -0.15) is 0 Å². The molecule has 1 rings (SSSR count). The summed E-state index contributed by atoms with van der Waals surface area (Å²) in [5.74, 6) is 1.31. The summed E-state index contributed by atoms with van der Waals surface area (Å²) < 4.78 is 1.84. The van der Waals surface area contributed by atoms with Crippen LogP contribution >= 0.6 is 22.9 Å². The SMILES string of the molecule is CN(I)c1cc(N)ncn1. The zero-order valence-corrected chi connectivity index (χ0v) is 7.61. The van der Waals surface area contributed by atoms with E-state index in [1.54, 1.807) is 6.07 Å². The fraction of sp³-hybridized carbons (Fsp3) is 0.200. The Bertz CT molecular complexity index is 225. The topological polar surface area (TPSA) is 55.0 Å². The fourth-order valence-corrected chi connectivity index (χ4v) is 0.794. The summed E-state index contributed by atoms with van der Waals surface area (Å²) in [6.07, 6.45) is 1.44. The standard InChI is InChI=1S/C5H7IN4/c1-10(6)5-2-4(7)8-3-9-5/h2-3H,1H3,(H2,7,8,9). The lowest BCUT2D eigenvalue weighted by Crippen LogP contribution is -2.03. The minimum absolute atomic E-state index is 0.494. The summed E-state index contributed by atoms with van der Waals surface area (Å²) >= 11 is 2.11. The maximum atomic E-state index is 5.42. The van der Waals surface area contributed by atoms with Crippen LogP contribution in [0.3, 0.4) is 0 Å². The zero-order valence-electron chi connectivity index (χ0n) is 5.45. The highest BCUT2D eigenvalue weighted by Gasteiger charge is 1.96. The third kappa shape index (κ3) is 1.69. The van der Waals surface area contributed by atoms with Gasteiger partial charge in [-0.25, -0.2) is 9.97 Å². The summed E-state index contributed by atoms with van der Waals surface area (Å²) in [7, 11) is 1.89. The van der Waals surface area contributed by atoms with Gasteiger partial charge in [0.2, 0.25) is 0 Å². The molecule has 4 nitrogen and oxygen atoms in total. The number of aromatic nitrogens is 2. The Morgan fingerprint density at radius 3 is 2.70 bits per heavy atom. The molecule has 5 heteroatoms. The van der Waals surface area contributed by atoms with Gasteiger partial charge in [0.05, 0.1) is 22.9 Å². The molecule has 0 aromatic carbocycles. The first kappa shape index (κ1) is 7.52. The van der Waals surface area contributed by atoms with Crippen molar-refractivity contribution in [2.45, 2.75) is 0 Å². The van der Waals surface area contributed by atoms with Gasteiger partial charge in [-0.05, 0) is 0 Å². The van der Waals surface area contributed by atoms with Crippen molar-refractivity contribution < 1.29 is 0 Å². The molecule has 0 bridgehead atoms. The molecule has 1 aromatic heterocycles. The Hall–Kier alpha value is -0.590. The van der Waals surface area contributed by atoms with Crippen molar-refractivity contribution in [1.29, 1.82) is 0 Å². The molecule has 1 aromatic rings. The van der Waals surface area contributed by atoms with E-state index in [4.69, 9.17) is 5.73 Å². The van der Waals surface area contributed by atoms with Gasteiger partial charge < -0.3 is 8.85 Å². The third-order valence-electron chi connectivity index (χ3n) is 0.989. The molecular formula is C5H7IN4. The summed E-state index contributed by atoms with van der Waals surface area (Å²) in [5, 5.41) is 0. The smallest absolute Gasteiger partial charge is 0.142 e. The molecule has 0 saturated carbocycles. The monoisotopic (exact) mass is 250 g/mol. The van der Waals surface area contributed by atoms with Crippen LogP contribution < -0.4 is 8.85 Å². The lowest BCUT2D eigenvalue weighted by Gasteiger charge is -2.06. The molecule has 0 fully saturated rings. The normalized spacial score (nSPS) is 9.40. The maximum Gasteiger partial charge on any atom is 0.142 e. The highest BCUT2D eigenvalue weighted by molar-refractivity contribution is 14.1. The second-order valence-electron chi connectivity index (χ2n) is 1.78. The second kappa shape index (κ2) is 3.00. The highest BCUT2D eigenvalue weighted by Crippen LogP contribution is 2.12. The predicted molar refractivity (Wildman–Crippen MR) is 48.9 cm³/mol. The molecular weight excluding hydrogens is 243 g/mol. The molecule has 0 aliphatic rings. The van der Waals surface area contributed by atoms with E-state index in [1.807, 2.05) is 10.2 Å². The molecule has 0 aliphatic carbocycles. The van der Waals surface area contributed by atoms with Crippen molar-refractivity contribution in [3.63, 3.8) is 0 Å². The van der Waals surface area contributed by atoms with Crippen LogP contribution in [-0.4, -0.2) is 17.0 Å². The van der Waals surface area contributed by atoms with Crippen LogP contribution in [0.1, 0.15) is 0 Å². The molecule has 10 heavy (non-hydrogen) atoms. The van der Waals surface area contributed by atoms with Crippen LogP contribution in [0.15, 0.2) is 12.4 Å². The quantitative estimate of drug-likeness (QED) is 0.592. The van der Waals surface area contributed by atoms with Gasteiger partial charge in [0.1, 0.15) is 18.0 Å². The van der Waals surface area contributed by atoms with E-state index in [1.165, 1.54) is 6.33 Å². The van der Waals surface area contributed by atoms with Crippen LogP contribution in [0.4, 0.5) is 11.6 Å². The summed E-state index contributed by atoms with van der Waals surface area (Å²) in [6, 6.07) is 1.71. The number of nitrogen functional groups attached to an aromatic ring is 1. The first-order chi connectivity index (χ1) is 4.70. The van der Waals surface area contributed by atoms with Gasteiger partial charge in [0, 0.05) is 13.1 Å². The Kier molecular flexibility index (Phi) is 2.25. The van der Waals surface area contributed by atoms with Crippen LogP contribution in [0.5, 0.6) is 0 Å². The molecule has 0 unspecified atom stereocenters. The summed E-state index contributed by atoms with van der Waals surface area (Å²) in [4.78, 5) is 7.73. The van der Waals surface area contributed by atoms with Crippen molar-refractivity contribution in [1.82, 2.24) is 9.97 Å². The first-order valence-electron chi connectivity index (χ1n) is 2.67. The fourth-order valence-electron chi connectivity index (χ4n) is 0.530. The molecule has 0 spiro atoms. The van der Waals surface area contributed by atoms with Crippen LogP contribution in [0.2, 0.25) is 0 Å². The van der Waals surface area contributed by atoms with E-state index in [0.717, 1.165) is 5.82 Å². The van der Waals surface area contributed by atoms with Crippen molar-refractivity contribution in [2.75, 3.05) is 15.9 Å². The Balaban J connectivity index is 2.96. The van der Waals surface area contributed by atoms with E-state index in [9.17, 15) is 0 Å². The number of rotatable bonds is 1. The highest BCUT2D eigenvalue weighted by atomic mass is 127. The molecule has 1 heterocycles. The van der Waals surface area contributed by atoms with E-state index in [0.29, 0.717) is 5.82 Å². The minimum Gasteiger partial charge on any atom is -0.384 e. The molecule has 2 N–H and O–H groups in total. The van der Waals surface area contributed by atoms with E-state index >= 15 is 0 Å². The number of halogens is 1. The number of nitrogens with zero attached hydrogens (tertiary/aromatic N) is 3. The number of anilines is 2. The van der Waals surface area contributed by atoms with E-state index in [-0.39, 0.29) is 0 Å². The third-order valence-corrected chi connectivity index (χ3v) is 1.48. The molecule has 0 aliphatic heterocycles. The van der Waals surface area contributed by atoms with Gasteiger partial charge in [-0.15, -0.1) is 0 Å². The van der Waals surface area contributed by atoms with Crippen molar-refractivity contribution in [3.05, 3.63) is 12.4 Å². The molecule has 54 valence electrons. The van der Waals surface area contributed by atoms with Crippen LogP contribution in [0, 0.1) is 0 Å². The molecule has 0 atom stereocenters. The summed E-state index contributed by atoms with van der Waals surface area (Å²) in [5.41, 5.74) is 5.42. The molecule has 0 amide bonds. The number of hydrogen-bond acceptors (Lipinski definition) is 4. The van der Waals surface area contributed by atoms with Crippen LogP contribution in [0.25, 0.3) is 0 Å². The van der Waals surface area contributed by atoms with Gasteiger partial charge in [0.15, 0.2) is 0 Å². The summed E-state index contributed by atoms with van der Waals surface area (Å²) in [6.45, 7) is 0. The number of hydrogen-bond donors (Lipinski definition) is 1. The van der Waals surface area contributed by atoms with Crippen molar-refractivity contribution >= 4 is 34.5 Å². The number of nitrogens with two attached hydrogens (primary N) is 1. The largest absolute Gasteiger partial charge is 0.384 e.